The molecule has 0 aliphatic rings. The van der Waals surface area contributed by atoms with Gasteiger partial charge in [0.1, 0.15) is 11.5 Å². The smallest absolute Gasteiger partial charge is 0.243 e. The number of nitrogens with zero attached hydrogens (tertiary/aromatic N) is 1. The lowest BCUT2D eigenvalue weighted by Gasteiger charge is -2.12. The highest BCUT2D eigenvalue weighted by atomic mass is 16.5. The molecule has 1 aromatic carbocycles. The van der Waals surface area contributed by atoms with Gasteiger partial charge in [-0.2, -0.15) is 0 Å². The van der Waals surface area contributed by atoms with Crippen molar-refractivity contribution in [1.82, 2.24) is 4.98 Å². The number of aromatic nitrogens is 1. The summed E-state index contributed by atoms with van der Waals surface area (Å²) in [5.41, 5.74) is 1.35. The van der Waals surface area contributed by atoms with Crippen molar-refractivity contribution in [2.75, 3.05) is 31.4 Å². The number of benzene rings is 1. The van der Waals surface area contributed by atoms with Crippen LogP contribution in [0.25, 0.3) is 0 Å². The van der Waals surface area contributed by atoms with E-state index in [0.717, 1.165) is 0 Å². The second kappa shape index (κ2) is 7.14. The molecule has 2 N–H and O–H groups in total. The molecule has 0 atom stereocenters. The number of nitrogens with one attached hydrogen (secondary N) is 2. The first-order valence-electron chi connectivity index (χ1n) is 6.38. The molecule has 0 spiro atoms. The molecule has 0 saturated heterocycles. The highest BCUT2D eigenvalue weighted by molar-refractivity contribution is 5.93. The van der Waals surface area contributed by atoms with Crippen LogP contribution >= 0.6 is 0 Å². The molecule has 6 nitrogen and oxygen atoms in total. The van der Waals surface area contributed by atoms with Gasteiger partial charge in [0.15, 0.2) is 0 Å². The summed E-state index contributed by atoms with van der Waals surface area (Å²) in [6.45, 7) is 0.110. The van der Waals surface area contributed by atoms with Crippen LogP contribution in [0.5, 0.6) is 11.5 Å². The third kappa shape index (κ3) is 4.10. The zero-order chi connectivity index (χ0) is 15.1. The average Bonchev–Trinajstić information content (AvgIpc) is 2.53. The maximum Gasteiger partial charge on any atom is 0.243 e. The summed E-state index contributed by atoms with van der Waals surface area (Å²) in [5.74, 6) is 1.16. The first kappa shape index (κ1) is 14.6. The lowest BCUT2D eigenvalue weighted by Crippen LogP contribution is -2.22. The van der Waals surface area contributed by atoms with E-state index in [9.17, 15) is 4.79 Å². The van der Waals surface area contributed by atoms with Crippen LogP contribution in [-0.2, 0) is 4.79 Å². The van der Waals surface area contributed by atoms with Gasteiger partial charge in [0.05, 0.1) is 38.3 Å². The van der Waals surface area contributed by atoms with Crippen molar-refractivity contribution in [2.45, 2.75) is 0 Å². The normalized spacial score (nSPS) is 9.81. The summed E-state index contributed by atoms with van der Waals surface area (Å²) in [6.07, 6.45) is 3.24. The highest BCUT2D eigenvalue weighted by Crippen LogP contribution is 2.28. The Balaban J connectivity index is 1.97. The number of carbonyl (C=O) groups excluding carboxylic acids is 1. The first-order valence-corrected chi connectivity index (χ1v) is 6.38. The Morgan fingerprint density at radius 1 is 1.24 bits per heavy atom. The van der Waals surface area contributed by atoms with Crippen molar-refractivity contribution in [3.05, 3.63) is 42.7 Å². The fourth-order valence-electron chi connectivity index (χ4n) is 1.77. The van der Waals surface area contributed by atoms with E-state index in [0.29, 0.717) is 22.9 Å². The van der Waals surface area contributed by atoms with E-state index in [1.54, 1.807) is 56.9 Å². The molecular weight excluding hydrogens is 270 g/mol. The standard InChI is InChI=1S/C15H17N3O3/c1-20-12-5-6-14(21-2)13(8-12)17-10-15(19)18-11-4-3-7-16-9-11/h3-9,17H,10H2,1-2H3,(H,18,19). The molecule has 0 saturated carbocycles. The number of rotatable bonds is 6. The lowest BCUT2D eigenvalue weighted by atomic mass is 10.2. The van der Waals surface area contributed by atoms with Gasteiger partial charge in [0.2, 0.25) is 5.91 Å². The highest BCUT2D eigenvalue weighted by Gasteiger charge is 2.07. The molecule has 0 bridgehead atoms. The van der Waals surface area contributed by atoms with E-state index in [4.69, 9.17) is 9.47 Å². The van der Waals surface area contributed by atoms with Crippen LogP contribution in [0.2, 0.25) is 0 Å². The van der Waals surface area contributed by atoms with Gasteiger partial charge in [-0.15, -0.1) is 0 Å². The van der Waals surface area contributed by atoms with Gasteiger partial charge in [-0.1, -0.05) is 0 Å². The summed E-state index contributed by atoms with van der Waals surface area (Å²) in [6, 6.07) is 8.88. The van der Waals surface area contributed by atoms with Crippen molar-refractivity contribution in [3.63, 3.8) is 0 Å². The second-order valence-corrected chi connectivity index (χ2v) is 4.21. The van der Waals surface area contributed by atoms with Crippen LogP contribution in [0.4, 0.5) is 11.4 Å². The minimum atomic E-state index is -0.173. The molecule has 2 aromatic rings. The van der Waals surface area contributed by atoms with Crippen LogP contribution < -0.4 is 20.1 Å². The van der Waals surface area contributed by atoms with Crippen LogP contribution in [-0.4, -0.2) is 31.7 Å². The van der Waals surface area contributed by atoms with Crippen molar-refractivity contribution < 1.29 is 14.3 Å². The Hall–Kier alpha value is -2.76. The monoisotopic (exact) mass is 287 g/mol. The van der Waals surface area contributed by atoms with Gasteiger partial charge < -0.3 is 20.1 Å². The van der Waals surface area contributed by atoms with Gasteiger partial charge >= 0.3 is 0 Å². The average molecular weight is 287 g/mol. The van der Waals surface area contributed by atoms with Crippen LogP contribution in [0.3, 0.4) is 0 Å². The van der Waals surface area contributed by atoms with E-state index in [-0.39, 0.29) is 12.5 Å². The van der Waals surface area contributed by atoms with Crippen molar-refractivity contribution in [1.29, 1.82) is 0 Å². The maximum absolute atomic E-state index is 11.9. The zero-order valence-corrected chi connectivity index (χ0v) is 11.9. The molecule has 1 heterocycles. The molecule has 2 rings (SSSR count). The summed E-state index contributed by atoms with van der Waals surface area (Å²) >= 11 is 0. The van der Waals surface area contributed by atoms with E-state index in [1.807, 2.05) is 0 Å². The molecule has 110 valence electrons. The number of pyridine rings is 1. The minimum Gasteiger partial charge on any atom is -0.497 e. The summed E-state index contributed by atoms with van der Waals surface area (Å²) < 4.78 is 10.4. The third-order valence-corrected chi connectivity index (χ3v) is 2.79. The Kier molecular flexibility index (Phi) is 4.98. The Morgan fingerprint density at radius 3 is 2.76 bits per heavy atom. The zero-order valence-electron chi connectivity index (χ0n) is 11.9. The summed E-state index contributed by atoms with van der Waals surface area (Å²) in [7, 11) is 3.16. The predicted molar refractivity (Wildman–Crippen MR) is 80.9 cm³/mol. The number of amides is 1. The Bertz CT molecular complexity index is 602. The fourth-order valence-corrected chi connectivity index (χ4v) is 1.77. The molecule has 1 amide bonds. The fraction of sp³-hybridized carbons (Fsp3) is 0.200. The molecule has 0 aliphatic carbocycles. The van der Waals surface area contributed by atoms with E-state index in [1.165, 1.54) is 0 Å². The van der Waals surface area contributed by atoms with Crippen LogP contribution in [0.15, 0.2) is 42.7 Å². The van der Waals surface area contributed by atoms with Gasteiger partial charge in [0, 0.05) is 12.3 Å². The second-order valence-electron chi connectivity index (χ2n) is 4.21. The number of methoxy groups -OCH3 is 2. The first-order chi connectivity index (χ1) is 10.2. The SMILES string of the molecule is COc1ccc(OC)c(NCC(=O)Nc2cccnc2)c1. The topological polar surface area (TPSA) is 72.5 Å². The summed E-state index contributed by atoms with van der Waals surface area (Å²) in [4.78, 5) is 15.8. The molecule has 0 radical (unpaired) electrons. The number of anilines is 2. The molecule has 1 aromatic heterocycles. The maximum atomic E-state index is 11.9. The number of carbonyl (C=O) groups is 1. The third-order valence-electron chi connectivity index (χ3n) is 2.79. The quantitative estimate of drug-likeness (QED) is 0.851. The van der Waals surface area contributed by atoms with E-state index < -0.39 is 0 Å². The van der Waals surface area contributed by atoms with Crippen LogP contribution in [0.1, 0.15) is 0 Å². The predicted octanol–water partition coefficient (Wildman–Crippen LogP) is 2.15. The minimum absolute atomic E-state index is 0.110. The van der Waals surface area contributed by atoms with E-state index >= 15 is 0 Å². The molecule has 0 fully saturated rings. The molecule has 0 aliphatic heterocycles. The van der Waals surface area contributed by atoms with Gasteiger partial charge in [-0.25, -0.2) is 0 Å². The number of ether oxygens (including phenoxy) is 2. The number of hydrogen-bond acceptors (Lipinski definition) is 5. The van der Waals surface area contributed by atoms with Crippen molar-refractivity contribution >= 4 is 17.3 Å². The van der Waals surface area contributed by atoms with Gasteiger partial charge in [-0.3, -0.25) is 9.78 Å². The van der Waals surface area contributed by atoms with Crippen molar-refractivity contribution in [3.8, 4) is 11.5 Å². The largest absolute Gasteiger partial charge is 0.497 e. The lowest BCUT2D eigenvalue weighted by molar-refractivity contribution is -0.114. The molecule has 0 unspecified atom stereocenters. The molecule has 6 heteroatoms. The summed E-state index contributed by atoms with van der Waals surface area (Å²) in [5, 5.41) is 5.76. The number of hydrogen-bond donors (Lipinski definition) is 2. The Labute approximate surface area is 123 Å². The van der Waals surface area contributed by atoms with Gasteiger partial charge in [-0.05, 0) is 24.3 Å². The molecular formula is C15H17N3O3. The van der Waals surface area contributed by atoms with Crippen molar-refractivity contribution in [2.24, 2.45) is 0 Å². The Morgan fingerprint density at radius 2 is 2.10 bits per heavy atom. The van der Waals surface area contributed by atoms with Gasteiger partial charge in [0.25, 0.3) is 0 Å². The van der Waals surface area contributed by atoms with E-state index in [2.05, 4.69) is 15.6 Å². The van der Waals surface area contributed by atoms with Crippen LogP contribution in [0, 0.1) is 0 Å². The molecule has 21 heavy (non-hydrogen) atoms.